The van der Waals surface area contributed by atoms with Gasteiger partial charge in [0.25, 0.3) is 0 Å². The van der Waals surface area contributed by atoms with E-state index in [4.69, 9.17) is 0 Å². The van der Waals surface area contributed by atoms with Crippen molar-refractivity contribution in [3.63, 3.8) is 0 Å². The molecular formula is C28H45NO. The Labute approximate surface area is 186 Å². The molecule has 3 rings (SSSR count). The first-order valence-electron chi connectivity index (χ1n) is 12.6. The molecule has 2 aliphatic rings. The number of rotatable bonds is 10. The van der Waals surface area contributed by atoms with Crippen molar-refractivity contribution in [3.8, 4) is 0 Å². The first-order chi connectivity index (χ1) is 14.4. The van der Waals surface area contributed by atoms with E-state index in [1.165, 1.54) is 74.5 Å². The quantitative estimate of drug-likeness (QED) is 0.214. The summed E-state index contributed by atoms with van der Waals surface area (Å²) in [5.74, 6) is 0. The summed E-state index contributed by atoms with van der Waals surface area (Å²) in [6.45, 7) is 13.1. The third-order valence-corrected chi connectivity index (χ3v) is 6.81. The lowest BCUT2D eigenvalue weighted by Gasteiger charge is -2.42. The number of unbranched alkanes of at least 4 members (excludes halogenated alkanes) is 6. The summed E-state index contributed by atoms with van der Waals surface area (Å²) in [5, 5.41) is 13.1. The van der Waals surface area contributed by atoms with Crippen molar-refractivity contribution < 1.29 is 4.74 Å². The summed E-state index contributed by atoms with van der Waals surface area (Å²) in [5.41, 5.74) is 4.36. The highest BCUT2D eigenvalue weighted by atomic mass is 16.5. The smallest absolute Gasteiger partial charge is 0.224 e. The molecule has 2 nitrogen and oxygen atoms in total. The molecule has 30 heavy (non-hydrogen) atoms. The van der Waals surface area contributed by atoms with Gasteiger partial charge >= 0.3 is 0 Å². The maximum Gasteiger partial charge on any atom is 0.224 e. The van der Waals surface area contributed by atoms with Crippen molar-refractivity contribution in [2.75, 3.05) is 0 Å². The first-order valence-corrected chi connectivity index (χ1v) is 12.6. The maximum atomic E-state index is 13.1. The minimum Gasteiger partial charge on any atom is -0.618 e. The molecule has 1 aromatic carbocycles. The molecule has 168 valence electrons. The summed E-state index contributed by atoms with van der Waals surface area (Å²) in [6, 6.07) is 8.17. The monoisotopic (exact) mass is 411 g/mol. The Hall–Kier alpha value is -1.57. The number of hydrogen-bond acceptors (Lipinski definition) is 1. The van der Waals surface area contributed by atoms with E-state index >= 15 is 0 Å². The van der Waals surface area contributed by atoms with Gasteiger partial charge in [-0.15, -0.1) is 0 Å². The van der Waals surface area contributed by atoms with Crippen molar-refractivity contribution in [3.05, 3.63) is 41.1 Å². The van der Waals surface area contributed by atoms with Crippen LogP contribution in [0.25, 0.3) is 5.57 Å². The third-order valence-electron chi connectivity index (χ3n) is 6.81. The van der Waals surface area contributed by atoms with Crippen LogP contribution in [0, 0.1) is 16.0 Å². The molecule has 0 saturated heterocycles. The molecule has 0 spiro atoms. The largest absolute Gasteiger partial charge is 0.618 e. The number of nitrogens with zero attached hydrogens (tertiary/aromatic N) is 1. The summed E-state index contributed by atoms with van der Waals surface area (Å²) >= 11 is 0. The van der Waals surface area contributed by atoms with E-state index in [0.717, 1.165) is 23.4 Å². The highest BCUT2D eigenvalue weighted by Gasteiger charge is 2.50. The Morgan fingerprint density at radius 1 is 0.867 bits per heavy atom. The van der Waals surface area contributed by atoms with E-state index < -0.39 is 0 Å². The fourth-order valence-electron chi connectivity index (χ4n) is 5.60. The summed E-state index contributed by atoms with van der Waals surface area (Å²) < 4.78 is 1.22. The van der Waals surface area contributed by atoms with E-state index in [2.05, 4.69) is 45.9 Å². The molecule has 0 unspecified atom stereocenters. The lowest BCUT2D eigenvalue weighted by molar-refractivity contribution is -0.361. The molecular weight excluding hydrogens is 366 g/mol. The minimum absolute atomic E-state index is 0.0830. The Kier molecular flexibility index (Phi) is 9.19. The second-order valence-corrected chi connectivity index (χ2v) is 9.76. The fourth-order valence-corrected chi connectivity index (χ4v) is 5.60. The second kappa shape index (κ2) is 11.2. The maximum absolute atomic E-state index is 13.1. The average Bonchev–Trinajstić information content (AvgIpc) is 3.03. The number of para-hydroxylation sites is 1. The zero-order valence-corrected chi connectivity index (χ0v) is 20.5. The zero-order valence-electron chi connectivity index (χ0n) is 20.5. The highest BCUT2D eigenvalue weighted by molar-refractivity contribution is 6.27. The SMILES string of the molecule is CC.CCCCCCC1(CCCCCC)C=C2C(=[N+]([O-])c3ccccc32)C(C)(C)C1. The van der Waals surface area contributed by atoms with E-state index in [0.29, 0.717) is 0 Å². The minimum atomic E-state index is -0.0830. The van der Waals surface area contributed by atoms with Gasteiger partial charge in [-0.3, -0.25) is 0 Å². The molecule has 1 aliphatic heterocycles. The van der Waals surface area contributed by atoms with Crippen LogP contribution in [-0.4, -0.2) is 10.5 Å². The van der Waals surface area contributed by atoms with Crippen molar-refractivity contribution in [2.45, 2.75) is 112 Å². The average molecular weight is 412 g/mol. The van der Waals surface area contributed by atoms with E-state index in [-0.39, 0.29) is 10.8 Å². The number of fused-ring (bicyclic) bond motifs is 3. The molecule has 0 bridgehead atoms. The van der Waals surface area contributed by atoms with E-state index in [1.807, 2.05) is 26.0 Å². The van der Waals surface area contributed by atoms with Crippen LogP contribution in [-0.2, 0) is 0 Å². The molecule has 0 fully saturated rings. The van der Waals surface area contributed by atoms with Crippen LogP contribution in [0.3, 0.4) is 0 Å². The van der Waals surface area contributed by atoms with Gasteiger partial charge in [0.1, 0.15) is 0 Å². The van der Waals surface area contributed by atoms with Crippen molar-refractivity contribution in [2.24, 2.45) is 10.8 Å². The zero-order chi connectivity index (χ0) is 22.2. The summed E-state index contributed by atoms with van der Waals surface area (Å²) in [7, 11) is 0. The number of benzene rings is 1. The molecule has 1 aromatic rings. The lowest BCUT2D eigenvalue weighted by atomic mass is 9.60. The van der Waals surface area contributed by atoms with Crippen molar-refractivity contribution in [1.82, 2.24) is 0 Å². The Morgan fingerprint density at radius 2 is 1.43 bits per heavy atom. The molecule has 0 amide bonds. The van der Waals surface area contributed by atoms with Crippen LogP contribution in [0.4, 0.5) is 5.69 Å². The predicted molar refractivity (Wildman–Crippen MR) is 132 cm³/mol. The summed E-state index contributed by atoms with van der Waals surface area (Å²) in [4.78, 5) is 0. The van der Waals surface area contributed by atoms with Crippen LogP contribution in [0.15, 0.2) is 30.3 Å². The molecule has 0 N–H and O–H groups in total. The predicted octanol–water partition coefficient (Wildman–Crippen LogP) is 9.05. The topological polar surface area (TPSA) is 26.1 Å². The van der Waals surface area contributed by atoms with E-state index in [9.17, 15) is 5.21 Å². The molecule has 0 radical (unpaired) electrons. The normalized spacial score (nSPS) is 18.3. The Bertz CT molecular complexity index is 729. The van der Waals surface area contributed by atoms with Gasteiger partial charge in [-0.2, -0.15) is 4.74 Å². The molecule has 0 atom stereocenters. The summed E-state index contributed by atoms with van der Waals surface area (Å²) in [6.07, 6.45) is 16.7. The van der Waals surface area contributed by atoms with Crippen LogP contribution in [0.1, 0.15) is 118 Å². The van der Waals surface area contributed by atoms with Crippen LogP contribution >= 0.6 is 0 Å². The van der Waals surface area contributed by atoms with E-state index in [1.54, 1.807) is 0 Å². The Morgan fingerprint density at radius 3 is 2.00 bits per heavy atom. The highest BCUT2D eigenvalue weighted by Crippen LogP contribution is 2.54. The Balaban J connectivity index is 0.00000155. The third kappa shape index (κ3) is 5.37. The molecule has 1 heterocycles. The van der Waals surface area contributed by atoms with Gasteiger partial charge in [-0.05, 0) is 44.6 Å². The van der Waals surface area contributed by atoms with Gasteiger partial charge < -0.3 is 5.21 Å². The molecule has 0 aromatic heterocycles. The number of allylic oxidation sites excluding steroid dienone is 2. The van der Waals surface area contributed by atoms with Crippen LogP contribution in [0.2, 0.25) is 0 Å². The molecule has 2 heteroatoms. The van der Waals surface area contributed by atoms with Gasteiger partial charge in [0, 0.05) is 6.07 Å². The lowest BCUT2D eigenvalue weighted by Crippen LogP contribution is -2.39. The van der Waals surface area contributed by atoms with Gasteiger partial charge in [0.15, 0.2) is 0 Å². The fraction of sp³-hybridized carbons (Fsp3) is 0.679. The molecule has 1 aliphatic carbocycles. The van der Waals surface area contributed by atoms with Crippen molar-refractivity contribution in [1.29, 1.82) is 0 Å². The van der Waals surface area contributed by atoms with Crippen LogP contribution in [0.5, 0.6) is 0 Å². The molecule has 0 saturated carbocycles. The van der Waals surface area contributed by atoms with Crippen LogP contribution < -0.4 is 0 Å². The van der Waals surface area contributed by atoms with Gasteiger partial charge in [-0.25, -0.2) is 0 Å². The van der Waals surface area contributed by atoms with Gasteiger partial charge in [0.2, 0.25) is 11.4 Å². The second-order valence-electron chi connectivity index (χ2n) is 9.76. The standard InChI is InChI=1S/C26H39NO.C2H6/c1-5-7-9-13-17-26(18-14-10-8-6-2)19-22-21-15-11-12-16-23(21)27(28)24(22)25(3,4)20-26;1-2/h11-12,15-16,19H,5-10,13-14,17-18,20H2,1-4H3;1-2H3. The van der Waals surface area contributed by atoms with Gasteiger partial charge in [-0.1, -0.05) is 97.3 Å². The first kappa shape index (κ1) is 24.7. The number of hydrogen-bond donors (Lipinski definition) is 0. The van der Waals surface area contributed by atoms with Crippen molar-refractivity contribution >= 4 is 17.0 Å². The van der Waals surface area contributed by atoms with Gasteiger partial charge in [0.05, 0.1) is 16.6 Å².